The van der Waals surface area contributed by atoms with Crippen molar-refractivity contribution in [2.24, 2.45) is 0 Å². The molecule has 0 spiro atoms. The van der Waals surface area contributed by atoms with Crippen LogP contribution in [0.3, 0.4) is 0 Å². The average molecular weight is 433 g/mol. The Bertz CT molecular complexity index is 758. The summed E-state index contributed by atoms with van der Waals surface area (Å²) >= 11 is 0. The molecular formula is C32H48. The van der Waals surface area contributed by atoms with Gasteiger partial charge in [0.25, 0.3) is 0 Å². The molecule has 1 aromatic carbocycles. The fourth-order valence-electron chi connectivity index (χ4n) is 4.97. The first-order chi connectivity index (χ1) is 15.7. The first-order valence-corrected chi connectivity index (χ1v) is 13.4. The van der Waals surface area contributed by atoms with Crippen molar-refractivity contribution in [3.05, 3.63) is 77.4 Å². The fraction of sp³-hybridized carbons (Fsp3) is 0.562. The van der Waals surface area contributed by atoms with Crippen molar-refractivity contribution in [3.8, 4) is 0 Å². The minimum absolute atomic E-state index is 0.626. The number of fused-ring (bicyclic) bond motifs is 1. The van der Waals surface area contributed by atoms with Crippen LogP contribution in [0.4, 0.5) is 0 Å². The fourth-order valence-corrected chi connectivity index (χ4v) is 4.97. The van der Waals surface area contributed by atoms with Crippen LogP contribution in [-0.4, -0.2) is 0 Å². The molecule has 1 aliphatic rings. The van der Waals surface area contributed by atoms with Gasteiger partial charge in [-0.3, -0.25) is 0 Å². The number of hydrogen-bond donors (Lipinski definition) is 0. The molecule has 0 heteroatoms. The molecule has 0 heterocycles. The van der Waals surface area contributed by atoms with Crippen molar-refractivity contribution in [2.45, 2.75) is 117 Å². The molecule has 2 rings (SSSR count). The van der Waals surface area contributed by atoms with E-state index in [1.165, 1.54) is 94.6 Å². The highest BCUT2D eigenvalue weighted by molar-refractivity contribution is 5.75. The number of unbranched alkanes of at least 4 members (excludes halogenated alkanes) is 8. The number of benzene rings is 1. The quantitative estimate of drug-likeness (QED) is 0.169. The highest BCUT2D eigenvalue weighted by Crippen LogP contribution is 2.40. The largest absolute Gasteiger partial charge is 0.103 e. The van der Waals surface area contributed by atoms with Crippen LogP contribution < -0.4 is 0 Å². The zero-order valence-electron chi connectivity index (χ0n) is 21.3. The summed E-state index contributed by atoms with van der Waals surface area (Å²) in [7, 11) is 0. The molecule has 0 saturated carbocycles. The second-order valence-electron chi connectivity index (χ2n) is 9.66. The Morgan fingerprint density at radius 3 is 2.34 bits per heavy atom. The summed E-state index contributed by atoms with van der Waals surface area (Å²) in [6.07, 6.45) is 27.6. The minimum atomic E-state index is 0.626. The van der Waals surface area contributed by atoms with Crippen molar-refractivity contribution in [3.63, 3.8) is 0 Å². The van der Waals surface area contributed by atoms with Gasteiger partial charge in [-0.25, -0.2) is 0 Å². The van der Waals surface area contributed by atoms with E-state index >= 15 is 0 Å². The molecule has 1 aliphatic carbocycles. The summed E-state index contributed by atoms with van der Waals surface area (Å²) in [5.41, 5.74) is 7.67. The van der Waals surface area contributed by atoms with Gasteiger partial charge in [0.2, 0.25) is 0 Å². The molecule has 0 aliphatic heterocycles. The highest BCUT2D eigenvalue weighted by Gasteiger charge is 2.21. The first-order valence-electron chi connectivity index (χ1n) is 13.4. The second kappa shape index (κ2) is 15.9. The van der Waals surface area contributed by atoms with E-state index in [1.807, 2.05) is 6.08 Å². The summed E-state index contributed by atoms with van der Waals surface area (Å²) in [6, 6.07) is 8.98. The van der Waals surface area contributed by atoms with Crippen molar-refractivity contribution in [2.75, 3.05) is 0 Å². The average Bonchev–Trinajstić information content (AvgIpc) is 3.15. The van der Waals surface area contributed by atoms with E-state index in [4.69, 9.17) is 0 Å². The molecule has 0 amide bonds. The highest BCUT2D eigenvalue weighted by atomic mass is 14.3. The van der Waals surface area contributed by atoms with Crippen molar-refractivity contribution in [1.29, 1.82) is 0 Å². The normalized spacial score (nSPS) is 16.2. The Morgan fingerprint density at radius 1 is 0.906 bits per heavy atom. The Labute approximate surface area is 199 Å². The lowest BCUT2D eigenvalue weighted by atomic mass is 9.94. The van der Waals surface area contributed by atoms with Gasteiger partial charge in [-0.15, -0.1) is 6.58 Å². The lowest BCUT2D eigenvalue weighted by molar-refractivity contribution is 0.559. The van der Waals surface area contributed by atoms with Crippen molar-refractivity contribution >= 4 is 5.57 Å². The third-order valence-electron chi connectivity index (χ3n) is 6.87. The maximum atomic E-state index is 3.93. The van der Waals surface area contributed by atoms with Crippen LogP contribution in [0.25, 0.3) is 5.57 Å². The van der Waals surface area contributed by atoms with E-state index in [2.05, 4.69) is 69.8 Å². The Morgan fingerprint density at radius 2 is 1.62 bits per heavy atom. The topological polar surface area (TPSA) is 0 Å². The predicted octanol–water partition coefficient (Wildman–Crippen LogP) is 10.7. The van der Waals surface area contributed by atoms with Gasteiger partial charge in [0.15, 0.2) is 0 Å². The van der Waals surface area contributed by atoms with Crippen LogP contribution in [0.2, 0.25) is 0 Å². The second-order valence-corrected chi connectivity index (χ2v) is 9.66. The first kappa shape index (κ1) is 26.4. The molecule has 1 aromatic rings. The van der Waals surface area contributed by atoms with Gasteiger partial charge in [0.05, 0.1) is 0 Å². The van der Waals surface area contributed by atoms with E-state index < -0.39 is 0 Å². The molecule has 1 unspecified atom stereocenters. The maximum Gasteiger partial charge on any atom is 0.00301 e. The third kappa shape index (κ3) is 9.35. The molecule has 0 radical (unpaired) electrons. The van der Waals surface area contributed by atoms with Gasteiger partial charge < -0.3 is 0 Å². The summed E-state index contributed by atoms with van der Waals surface area (Å²) in [5, 5.41) is 0. The van der Waals surface area contributed by atoms with Crippen LogP contribution in [0, 0.1) is 0 Å². The summed E-state index contributed by atoms with van der Waals surface area (Å²) in [4.78, 5) is 0. The van der Waals surface area contributed by atoms with Gasteiger partial charge in [-0.05, 0) is 68.6 Å². The van der Waals surface area contributed by atoms with E-state index in [9.17, 15) is 0 Å². The van der Waals surface area contributed by atoms with E-state index in [1.54, 1.807) is 16.7 Å². The standard InChI is InChI=1S/C32H48/c1-5-8-20-27(4)25-28(7-3)21-15-13-11-9-10-12-14-16-22-30-26-29(19-6-2)31-23-17-18-24-32(30)31/h6,17-18,20-21,23-24,26,30H,2,5,7-16,19,22,25H2,1,3-4H3/b27-20-,28-21-. The zero-order valence-corrected chi connectivity index (χ0v) is 21.3. The van der Waals surface area contributed by atoms with Crippen LogP contribution in [0.15, 0.2) is 66.3 Å². The number of rotatable bonds is 17. The third-order valence-corrected chi connectivity index (χ3v) is 6.87. The van der Waals surface area contributed by atoms with E-state index in [0.29, 0.717) is 5.92 Å². The van der Waals surface area contributed by atoms with Gasteiger partial charge in [0, 0.05) is 5.92 Å². The monoisotopic (exact) mass is 432 g/mol. The minimum Gasteiger partial charge on any atom is -0.103 e. The smallest absolute Gasteiger partial charge is 0.00301 e. The van der Waals surface area contributed by atoms with Gasteiger partial charge >= 0.3 is 0 Å². The van der Waals surface area contributed by atoms with Gasteiger partial charge in [-0.1, -0.05) is 119 Å². The predicted molar refractivity (Wildman–Crippen MR) is 145 cm³/mol. The SMILES string of the molecule is C=CCC1=CC(CCCCCCCCC/C=C(/CC)C/C(C)=C\CCC)c2ccccc21. The molecule has 0 aromatic heterocycles. The Kier molecular flexibility index (Phi) is 13.1. The van der Waals surface area contributed by atoms with Gasteiger partial charge in [-0.2, -0.15) is 0 Å². The van der Waals surface area contributed by atoms with E-state index in [-0.39, 0.29) is 0 Å². The molecule has 1 atom stereocenters. The van der Waals surface area contributed by atoms with Gasteiger partial charge in [0.1, 0.15) is 0 Å². The maximum absolute atomic E-state index is 3.93. The molecule has 0 bridgehead atoms. The lowest BCUT2D eigenvalue weighted by Gasteiger charge is -2.10. The molecule has 0 saturated heterocycles. The summed E-state index contributed by atoms with van der Waals surface area (Å²) in [5.74, 6) is 0.626. The molecule has 0 fully saturated rings. The Balaban J connectivity index is 1.55. The summed E-state index contributed by atoms with van der Waals surface area (Å²) in [6.45, 7) is 10.8. The van der Waals surface area contributed by atoms with Crippen LogP contribution in [-0.2, 0) is 0 Å². The molecular weight excluding hydrogens is 384 g/mol. The van der Waals surface area contributed by atoms with Crippen LogP contribution >= 0.6 is 0 Å². The van der Waals surface area contributed by atoms with E-state index in [0.717, 1.165) is 6.42 Å². The lowest BCUT2D eigenvalue weighted by Crippen LogP contribution is -1.93. The Hall–Kier alpha value is -1.82. The molecule has 176 valence electrons. The summed E-state index contributed by atoms with van der Waals surface area (Å²) < 4.78 is 0. The van der Waals surface area contributed by atoms with Crippen LogP contribution in [0.5, 0.6) is 0 Å². The molecule has 0 nitrogen and oxygen atoms in total. The number of allylic oxidation sites excluding steroid dienone is 7. The molecule has 32 heavy (non-hydrogen) atoms. The number of hydrogen-bond acceptors (Lipinski definition) is 0. The van der Waals surface area contributed by atoms with Crippen molar-refractivity contribution < 1.29 is 0 Å². The van der Waals surface area contributed by atoms with Crippen molar-refractivity contribution in [1.82, 2.24) is 0 Å². The molecule has 0 N–H and O–H groups in total. The zero-order chi connectivity index (χ0) is 23.0. The van der Waals surface area contributed by atoms with Crippen LogP contribution in [0.1, 0.15) is 128 Å².